The van der Waals surface area contributed by atoms with Crippen molar-refractivity contribution in [2.75, 3.05) is 27.2 Å². The third kappa shape index (κ3) is 3.64. The van der Waals surface area contributed by atoms with Gasteiger partial charge in [-0.3, -0.25) is 9.69 Å². The lowest BCUT2D eigenvalue weighted by Crippen LogP contribution is -2.45. The number of amides is 1. The first-order chi connectivity index (χ1) is 6.65. The van der Waals surface area contributed by atoms with Gasteiger partial charge in [-0.25, -0.2) is 0 Å². The van der Waals surface area contributed by atoms with Crippen molar-refractivity contribution in [2.24, 2.45) is 0 Å². The molecule has 0 radical (unpaired) electrons. The third-order valence-corrected chi connectivity index (χ3v) is 2.68. The van der Waals surface area contributed by atoms with E-state index in [1.54, 1.807) is 0 Å². The zero-order chi connectivity index (χ0) is 10.6. The fraction of sp³-hybridized carbons (Fsp3) is 0.900. The molecular weight excluding hydrogens is 178 g/mol. The summed E-state index contributed by atoms with van der Waals surface area (Å²) in [6.07, 6.45) is 2.30. The molecule has 1 saturated carbocycles. The Morgan fingerprint density at radius 2 is 2.21 bits per heavy atom. The Balaban J connectivity index is 2.22. The van der Waals surface area contributed by atoms with Gasteiger partial charge in [-0.05, 0) is 33.9 Å². The standard InChI is InChI=1S/C10H21N3O/c1-8(13(3)7-6-11-2)10(14)12-9-4-5-9/h8-9,11H,4-7H2,1-3H3,(H,12,14). The molecule has 1 aliphatic rings. The van der Waals surface area contributed by atoms with Crippen molar-refractivity contribution in [1.29, 1.82) is 0 Å². The van der Waals surface area contributed by atoms with Crippen LogP contribution in [0.1, 0.15) is 19.8 Å². The first-order valence-corrected chi connectivity index (χ1v) is 5.30. The minimum absolute atomic E-state index is 0.0241. The van der Waals surface area contributed by atoms with Crippen LogP contribution in [0.5, 0.6) is 0 Å². The van der Waals surface area contributed by atoms with Crippen molar-refractivity contribution < 1.29 is 4.79 Å². The molecule has 82 valence electrons. The average molecular weight is 199 g/mol. The minimum Gasteiger partial charge on any atom is -0.352 e. The van der Waals surface area contributed by atoms with E-state index >= 15 is 0 Å². The van der Waals surface area contributed by atoms with E-state index in [4.69, 9.17) is 0 Å². The smallest absolute Gasteiger partial charge is 0.237 e. The maximum absolute atomic E-state index is 11.6. The van der Waals surface area contributed by atoms with Gasteiger partial charge in [-0.2, -0.15) is 0 Å². The second-order valence-electron chi connectivity index (χ2n) is 4.04. The van der Waals surface area contributed by atoms with Gasteiger partial charge in [0.1, 0.15) is 0 Å². The van der Waals surface area contributed by atoms with Crippen LogP contribution in [0.4, 0.5) is 0 Å². The van der Waals surface area contributed by atoms with Crippen molar-refractivity contribution in [3.63, 3.8) is 0 Å². The number of carbonyl (C=O) groups is 1. The quantitative estimate of drug-likeness (QED) is 0.623. The van der Waals surface area contributed by atoms with Gasteiger partial charge >= 0.3 is 0 Å². The van der Waals surface area contributed by atoms with E-state index in [0.29, 0.717) is 6.04 Å². The Kier molecular flexibility index (Phi) is 4.35. The van der Waals surface area contributed by atoms with Crippen LogP contribution in [0.25, 0.3) is 0 Å². The highest BCUT2D eigenvalue weighted by atomic mass is 16.2. The molecule has 2 N–H and O–H groups in total. The Labute approximate surface area is 86.0 Å². The molecule has 1 unspecified atom stereocenters. The van der Waals surface area contributed by atoms with Crippen LogP contribution in [0, 0.1) is 0 Å². The van der Waals surface area contributed by atoms with E-state index in [1.807, 2.05) is 21.0 Å². The van der Waals surface area contributed by atoms with Crippen LogP contribution in [-0.2, 0) is 4.79 Å². The minimum atomic E-state index is -0.0241. The van der Waals surface area contributed by atoms with Crippen molar-refractivity contribution in [3.05, 3.63) is 0 Å². The Morgan fingerprint density at radius 1 is 1.57 bits per heavy atom. The molecule has 1 amide bonds. The molecule has 0 saturated heterocycles. The van der Waals surface area contributed by atoms with Crippen molar-refractivity contribution in [2.45, 2.75) is 31.8 Å². The number of carbonyl (C=O) groups excluding carboxylic acids is 1. The lowest BCUT2D eigenvalue weighted by Gasteiger charge is -2.23. The molecule has 0 heterocycles. The first-order valence-electron chi connectivity index (χ1n) is 5.30. The van der Waals surface area contributed by atoms with E-state index in [9.17, 15) is 4.79 Å². The SMILES string of the molecule is CNCCN(C)C(C)C(=O)NC1CC1. The third-order valence-electron chi connectivity index (χ3n) is 2.68. The highest BCUT2D eigenvalue weighted by Gasteiger charge is 2.26. The number of hydrogen-bond acceptors (Lipinski definition) is 3. The summed E-state index contributed by atoms with van der Waals surface area (Å²) in [5.74, 6) is 0.158. The van der Waals surface area contributed by atoms with Crippen LogP contribution in [0.15, 0.2) is 0 Å². The lowest BCUT2D eigenvalue weighted by atomic mass is 10.2. The van der Waals surface area contributed by atoms with Gasteiger partial charge in [0.2, 0.25) is 5.91 Å². The van der Waals surface area contributed by atoms with Crippen LogP contribution < -0.4 is 10.6 Å². The van der Waals surface area contributed by atoms with Gasteiger partial charge in [0.15, 0.2) is 0 Å². The molecule has 0 aromatic heterocycles. The monoisotopic (exact) mass is 199 g/mol. The van der Waals surface area contributed by atoms with Gasteiger partial charge < -0.3 is 10.6 Å². The normalized spacial score (nSPS) is 18.3. The molecule has 0 bridgehead atoms. The zero-order valence-electron chi connectivity index (χ0n) is 9.34. The summed E-state index contributed by atoms with van der Waals surface area (Å²) in [7, 11) is 3.90. The topological polar surface area (TPSA) is 44.4 Å². The van der Waals surface area contributed by atoms with Crippen LogP contribution in [0.3, 0.4) is 0 Å². The van der Waals surface area contributed by atoms with Crippen LogP contribution in [0.2, 0.25) is 0 Å². The summed E-state index contributed by atoms with van der Waals surface area (Å²) >= 11 is 0. The van der Waals surface area contributed by atoms with Crippen molar-refractivity contribution in [3.8, 4) is 0 Å². The number of rotatable bonds is 6. The predicted octanol–water partition coefficient (Wildman–Crippen LogP) is -0.195. The molecule has 4 heteroatoms. The maximum Gasteiger partial charge on any atom is 0.237 e. The molecule has 1 atom stereocenters. The zero-order valence-corrected chi connectivity index (χ0v) is 9.34. The van der Waals surface area contributed by atoms with Gasteiger partial charge in [0.05, 0.1) is 6.04 Å². The predicted molar refractivity (Wildman–Crippen MR) is 57.2 cm³/mol. The summed E-state index contributed by atoms with van der Waals surface area (Å²) in [5.41, 5.74) is 0. The van der Waals surface area contributed by atoms with Crippen molar-refractivity contribution >= 4 is 5.91 Å². The number of nitrogens with one attached hydrogen (secondary N) is 2. The van der Waals surface area contributed by atoms with Crippen molar-refractivity contribution in [1.82, 2.24) is 15.5 Å². The number of likely N-dealkylation sites (N-methyl/N-ethyl adjacent to an activating group) is 2. The van der Waals surface area contributed by atoms with Gasteiger partial charge in [0.25, 0.3) is 0 Å². The van der Waals surface area contributed by atoms with Crippen LogP contribution in [-0.4, -0.2) is 50.1 Å². The van der Waals surface area contributed by atoms with Gasteiger partial charge in [-0.1, -0.05) is 0 Å². The molecular formula is C10H21N3O. The lowest BCUT2D eigenvalue weighted by molar-refractivity contribution is -0.125. The summed E-state index contributed by atoms with van der Waals surface area (Å²) in [4.78, 5) is 13.7. The van der Waals surface area contributed by atoms with Gasteiger partial charge in [-0.15, -0.1) is 0 Å². The Bertz CT molecular complexity index is 192. The molecule has 14 heavy (non-hydrogen) atoms. The summed E-state index contributed by atoms with van der Waals surface area (Å²) in [6.45, 7) is 3.76. The Hall–Kier alpha value is -0.610. The molecule has 1 fully saturated rings. The summed E-state index contributed by atoms with van der Waals surface area (Å²) < 4.78 is 0. The fourth-order valence-corrected chi connectivity index (χ4v) is 1.23. The Morgan fingerprint density at radius 3 is 2.71 bits per heavy atom. The molecule has 1 aliphatic carbocycles. The number of hydrogen-bond donors (Lipinski definition) is 2. The molecule has 0 aliphatic heterocycles. The first kappa shape index (κ1) is 11.5. The second kappa shape index (κ2) is 5.32. The highest BCUT2D eigenvalue weighted by molar-refractivity contribution is 5.81. The molecule has 0 aromatic rings. The average Bonchev–Trinajstić information content (AvgIpc) is 2.96. The number of nitrogens with zero attached hydrogens (tertiary/aromatic N) is 1. The van der Waals surface area contributed by atoms with E-state index in [0.717, 1.165) is 25.9 Å². The highest BCUT2D eigenvalue weighted by Crippen LogP contribution is 2.18. The van der Waals surface area contributed by atoms with Crippen LogP contribution >= 0.6 is 0 Å². The molecule has 0 aromatic carbocycles. The molecule has 1 rings (SSSR count). The second-order valence-corrected chi connectivity index (χ2v) is 4.04. The van der Waals surface area contributed by atoms with E-state index in [-0.39, 0.29) is 11.9 Å². The van der Waals surface area contributed by atoms with E-state index in [2.05, 4.69) is 15.5 Å². The largest absolute Gasteiger partial charge is 0.352 e. The van der Waals surface area contributed by atoms with Gasteiger partial charge in [0, 0.05) is 19.1 Å². The fourth-order valence-electron chi connectivity index (χ4n) is 1.23. The van der Waals surface area contributed by atoms with E-state index in [1.165, 1.54) is 0 Å². The maximum atomic E-state index is 11.6. The van der Waals surface area contributed by atoms with E-state index < -0.39 is 0 Å². The molecule has 4 nitrogen and oxygen atoms in total. The summed E-state index contributed by atoms with van der Waals surface area (Å²) in [5, 5.41) is 6.08. The summed E-state index contributed by atoms with van der Waals surface area (Å²) in [6, 6.07) is 0.437. The molecule has 0 spiro atoms.